The van der Waals surface area contributed by atoms with E-state index in [-0.39, 0.29) is 18.4 Å². The lowest BCUT2D eigenvalue weighted by atomic mass is 10.0. The fraction of sp³-hybridized carbons (Fsp3) is 0.235. The second-order valence-corrected chi connectivity index (χ2v) is 5.21. The van der Waals surface area contributed by atoms with Gasteiger partial charge in [-0.3, -0.25) is 14.6 Å². The van der Waals surface area contributed by atoms with Crippen LogP contribution in [0, 0.1) is 0 Å². The summed E-state index contributed by atoms with van der Waals surface area (Å²) >= 11 is 0. The van der Waals surface area contributed by atoms with Crippen LogP contribution in [0.4, 0.5) is 5.69 Å². The van der Waals surface area contributed by atoms with Crippen molar-refractivity contribution in [1.82, 2.24) is 10.3 Å². The first-order valence-corrected chi connectivity index (χ1v) is 7.15. The molecule has 2 rings (SSSR count). The van der Waals surface area contributed by atoms with Crippen molar-refractivity contribution < 1.29 is 9.59 Å². The Labute approximate surface area is 129 Å². The zero-order valence-electron chi connectivity index (χ0n) is 12.7. The third kappa shape index (κ3) is 4.15. The molecule has 0 atom stereocenters. The van der Waals surface area contributed by atoms with E-state index < -0.39 is 0 Å². The molecule has 1 aromatic heterocycles. The van der Waals surface area contributed by atoms with Crippen LogP contribution < -0.4 is 10.6 Å². The molecule has 0 aliphatic rings. The number of aromatic nitrogens is 1. The summed E-state index contributed by atoms with van der Waals surface area (Å²) in [6, 6.07) is 11.0. The zero-order valence-corrected chi connectivity index (χ0v) is 12.7. The van der Waals surface area contributed by atoms with Crippen LogP contribution in [0.15, 0.2) is 48.8 Å². The van der Waals surface area contributed by atoms with Crippen LogP contribution in [0.25, 0.3) is 0 Å². The van der Waals surface area contributed by atoms with Gasteiger partial charge in [0.2, 0.25) is 5.91 Å². The molecule has 0 radical (unpaired) electrons. The predicted molar refractivity (Wildman–Crippen MR) is 85.7 cm³/mol. The number of hydrogen-bond donors (Lipinski definition) is 2. The lowest BCUT2D eigenvalue weighted by Gasteiger charge is -2.13. The number of anilines is 1. The van der Waals surface area contributed by atoms with Gasteiger partial charge >= 0.3 is 0 Å². The lowest BCUT2D eigenvalue weighted by molar-refractivity contribution is -0.115. The Morgan fingerprint density at radius 2 is 1.91 bits per heavy atom. The minimum Gasteiger partial charge on any atom is -0.343 e. The summed E-state index contributed by atoms with van der Waals surface area (Å²) in [6.07, 6.45) is 3.05. The topological polar surface area (TPSA) is 71.1 Å². The Bertz CT molecular complexity index is 654. The highest BCUT2D eigenvalue weighted by atomic mass is 16.2. The molecule has 0 bridgehead atoms. The number of nitrogens with zero attached hydrogens (tertiary/aromatic N) is 1. The van der Waals surface area contributed by atoms with Crippen molar-refractivity contribution in [3.63, 3.8) is 0 Å². The molecule has 1 aromatic carbocycles. The summed E-state index contributed by atoms with van der Waals surface area (Å²) in [6.45, 7) is 4.05. The third-order valence-corrected chi connectivity index (χ3v) is 3.19. The van der Waals surface area contributed by atoms with Crippen LogP contribution in [-0.2, 0) is 4.79 Å². The van der Waals surface area contributed by atoms with E-state index in [1.807, 2.05) is 24.3 Å². The number of pyridine rings is 1. The van der Waals surface area contributed by atoms with Crippen LogP contribution in [0.1, 0.15) is 35.7 Å². The van der Waals surface area contributed by atoms with Crippen molar-refractivity contribution in [3.05, 3.63) is 59.9 Å². The molecule has 114 valence electrons. The molecule has 5 nitrogen and oxygen atoms in total. The molecule has 0 unspecified atom stereocenters. The number of carbonyl (C=O) groups excluding carboxylic acids is 2. The van der Waals surface area contributed by atoms with Gasteiger partial charge in [-0.2, -0.15) is 0 Å². The van der Waals surface area contributed by atoms with Gasteiger partial charge in [0.15, 0.2) is 0 Å². The maximum absolute atomic E-state index is 12.0. The van der Waals surface area contributed by atoms with Gasteiger partial charge in [0.05, 0.1) is 12.1 Å². The van der Waals surface area contributed by atoms with Crippen molar-refractivity contribution in [2.24, 2.45) is 0 Å². The first-order chi connectivity index (χ1) is 10.6. The Hall–Kier alpha value is -2.69. The summed E-state index contributed by atoms with van der Waals surface area (Å²) in [4.78, 5) is 27.7. The average Bonchev–Trinajstić information content (AvgIpc) is 2.53. The van der Waals surface area contributed by atoms with Crippen LogP contribution >= 0.6 is 0 Å². The average molecular weight is 297 g/mol. The molecule has 5 heteroatoms. The molecule has 0 aliphatic heterocycles. The first-order valence-electron chi connectivity index (χ1n) is 7.15. The summed E-state index contributed by atoms with van der Waals surface area (Å²) in [7, 11) is 0. The van der Waals surface area contributed by atoms with Gasteiger partial charge < -0.3 is 10.6 Å². The minimum atomic E-state index is -0.319. The molecule has 0 spiro atoms. The van der Waals surface area contributed by atoms with Crippen LogP contribution in [0.5, 0.6) is 0 Å². The van der Waals surface area contributed by atoms with E-state index in [0.29, 0.717) is 11.5 Å². The molecule has 2 aromatic rings. The number of rotatable bonds is 5. The quantitative estimate of drug-likeness (QED) is 0.891. The van der Waals surface area contributed by atoms with E-state index in [2.05, 4.69) is 29.5 Å². The van der Waals surface area contributed by atoms with Gasteiger partial charge in [0, 0.05) is 18.1 Å². The van der Waals surface area contributed by atoms with Crippen molar-refractivity contribution in [2.75, 3.05) is 11.9 Å². The Morgan fingerprint density at radius 1 is 1.14 bits per heavy atom. The smallest absolute Gasteiger partial charge is 0.253 e. The molecule has 0 saturated carbocycles. The molecular formula is C17H19N3O2. The van der Waals surface area contributed by atoms with E-state index in [9.17, 15) is 9.59 Å². The van der Waals surface area contributed by atoms with Crippen molar-refractivity contribution in [1.29, 1.82) is 0 Å². The summed E-state index contributed by atoms with van der Waals surface area (Å²) in [5.41, 5.74) is 2.27. The monoisotopic (exact) mass is 297 g/mol. The Kier molecular flexibility index (Phi) is 5.25. The van der Waals surface area contributed by atoms with Gasteiger partial charge in [-0.05, 0) is 29.7 Å². The van der Waals surface area contributed by atoms with Crippen LogP contribution in [0.3, 0.4) is 0 Å². The highest BCUT2D eigenvalue weighted by Gasteiger charge is 2.11. The lowest BCUT2D eigenvalue weighted by Crippen LogP contribution is -2.33. The van der Waals surface area contributed by atoms with E-state index in [1.54, 1.807) is 18.3 Å². The highest BCUT2D eigenvalue weighted by molar-refractivity contribution is 5.99. The van der Waals surface area contributed by atoms with Gasteiger partial charge in [0.1, 0.15) is 0 Å². The molecule has 2 N–H and O–H groups in total. The number of hydrogen-bond acceptors (Lipinski definition) is 3. The molecular weight excluding hydrogens is 278 g/mol. The fourth-order valence-corrected chi connectivity index (χ4v) is 2.07. The summed E-state index contributed by atoms with van der Waals surface area (Å²) in [5.74, 6) is -0.271. The van der Waals surface area contributed by atoms with Crippen molar-refractivity contribution >= 4 is 17.5 Å². The van der Waals surface area contributed by atoms with Gasteiger partial charge in [-0.25, -0.2) is 0 Å². The standard InChI is InChI=1S/C17H19N3O2/c1-12(2)14-7-3-4-8-15(14)20-16(21)11-19-17(22)13-6-5-9-18-10-13/h3-10,12H,11H2,1-2H3,(H,19,22)(H,20,21). The van der Waals surface area contributed by atoms with Crippen molar-refractivity contribution in [2.45, 2.75) is 19.8 Å². The third-order valence-electron chi connectivity index (χ3n) is 3.19. The summed E-state index contributed by atoms with van der Waals surface area (Å²) in [5, 5.41) is 5.41. The molecule has 22 heavy (non-hydrogen) atoms. The molecule has 0 fully saturated rings. The van der Waals surface area contributed by atoms with Crippen LogP contribution in [0.2, 0.25) is 0 Å². The van der Waals surface area contributed by atoms with Gasteiger partial charge in [-0.1, -0.05) is 32.0 Å². The molecule has 2 amide bonds. The number of amides is 2. The van der Waals surface area contributed by atoms with Crippen LogP contribution in [-0.4, -0.2) is 23.3 Å². The highest BCUT2D eigenvalue weighted by Crippen LogP contribution is 2.23. The Morgan fingerprint density at radius 3 is 2.59 bits per heavy atom. The second kappa shape index (κ2) is 7.36. The summed E-state index contributed by atoms with van der Waals surface area (Å²) < 4.78 is 0. The molecule has 0 saturated heterocycles. The van der Waals surface area contributed by atoms with E-state index >= 15 is 0 Å². The number of nitrogens with one attached hydrogen (secondary N) is 2. The fourth-order valence-electron chi connectivity index (χ4n) is 2.07. The Balaban J connectivity index is 1.93. The molecule has 0 aliphatic carbocycles. The van der Waals surface area contributed by atoms with E-state index in [0.717, 1.165) is 11.3 Å². The minimum absolute atomic E-state index is 0.0832. The van der Waals surface area contributed by atoms with Gasteiger partial charge in [-0.15, -0.1) is 0 Å². The number of benzene rings is 1. The number of para-hydroxylation sites is 1. The van der Waals surface area contributed by atoms with E-state index in [1.165, 1.54) is 6.20 Å². The normalized spacial score (nSPS) is 10.3. The predicted octanol–water partition coefficient (Wildman–Crippen LogP) is 2.57. The molecule has 1 heterocycles. The SMILES string of the molecule is CC(C)c1ccccc1NC(=O)CNC(=O)c1cccnc1. The van der Waals surface area contributed by atoms with Gasteiger partial charge in [0.25, 0.3) is 5.91 Å². The maximum atomic E-state index is 12.0. The zero-order chi connectivity index (χ0) is 15.9. The van der Waals surface area contributed by atoms with E-state index in [4.69, 9.17) is 0 Å². The largest absolute Gasteiger partial charge is 0.343 e. The number of carbonyl (C=O) groups is 2. The first kappa shape index (κ1) is 15.7. The maximum Gasteiger partial charge on any atom is 0.253 e. The second-order valence-electron chi connectivity index (χ2n) is 5.21. The van der Waals surface area contributed by atoms with Crippen molar-refractivity contribution in [3.8, 4) is 0 Å².